The molecule has 0 aliphatic heterocycles. The number of imidazole rings is 1. The van der Waals surface area contributed by atoms with Crippen molar-refractivity contribution in [2.75, 3.05) is 0 Å². The molecule has 0 N–H and O–H groups in total. The van der Waals surface area contributed by atoms with Gasteiger partial charge in [0.2, 0.25) is 0 Å². The molecule has 0 fully saturated rings. The van der Waals surface area contributed by atoms with Gasteiger partial charge in [0, 0.05) is 18.6 Å². The lowest BCUT2D eigenvalue weighted by Gasteiger charge is -1.90. The molecule has 0 aliphatic rings. The minimum Gasteiger partial charge on any atom is -0.288 e. The highest BCUT2D eigenvalue weighted by molar-refractivity contribution is 5.24. The highest BCUT2D eigenvalue weighted by atomic mass is 15.2. The largest absolute Gasteiger partial charge is 0.288 e. The third-order valence-electron chi connectivity index (χ3n) is 1.27. The molecule has 0 saturated heterocycles. The standard InChI is InChI=1S/C6H6N4/c1-5-4-10-3-2-7-6(10)9-8-5/h2-4H,1H3. The molecular formula is C6H6N4. The zero-order chi connectivity index (χ0) is 6.97. The van der Waals surface area contributed by atoms with Crippen LogP contribution in [0, 0.1) is 6.92 Å². The first-order valence-corrected chi connectivity index (χ1v) is 2.99. The van der Waals surface area contributed by atoms with Crippen LogP contribution in [-0.2, 0) is 0 Å². The van der Waals surface area contributed by atoms with Crippen molar-refractivity contribution >= 4 is 5.78 Å². The third kappa shape index (κ3) is 0.655. The molecule has 0 atom stereocenters. The quantitative estimate of drug-likeness (QED) is 0.524. The first-order valence-electron chi connectivity index (χ1n) is 2.99. The molecule has 0 saturated carbocycles. The molecule has 4 heteroatoms. The van der Waals surface area contributed by atoms with E-state index in [9.17, 15) is 0 Å². The lowest BCUT2D eigenvalue weighted by Crippen LogP contribution is -1.92. The van der Waals surface area contributed by atoms with Gasteiger partial charge in [0.15, 0.2) is 0 Å². The molecule has 2 rings (SSSR count). The van der Waals surface area contributed by atoms with E-state index in [1.807, 2.05) is 23.7 Å². The summed E-state index contributed by atoms with van der Waals surface area (Å²) < 4.78 is 1.84. The van der Waals surface area contributed by atoms with Gasteiger partial charge in [-0.3, -0.25) is 4.40 Å². The van der Waals surface area contributed by atoms with Gasteiger partial charge in [0.25, 0.3) is 5.78 Å². The molecule has 4 nitrogen and oxygen atoms in total. The van der Waals surface area contributed by atoms with Gasteiger partial charge < -0.3 is 0 Å². The van der Waals surface area contributed by atoms with Crippen LogP contribution in [0.3, 0.4) is 0 Å². The monoisotopic (exact) mass is 134 g/mol. The molecule has 0 aromatic carbocycles. The summed E-state index contributed by atoms with van der Waals surface area (Å²) in [6.07, 6.45) is 5.43. The summed E-state index contributed by atoms with van der Waals surface area (Å²) in [4.78, 5) is 3.95. The van der Waals surface area contributed by atoms with Crippen LogP contribution in [0.5, 0.6) is 0 Å². The average Bonchev–Trinajstić information content (AvgIpc) is 2.33. The summed E-state index contributed by atoms with van der Waals surface area (Å²) in [5.74, 6) is 0.644. The number of fused-ring (bicyclic) bond motifs is 1. The first-order chi connectivity index (χ1) is 4.86. The molecule has 2 heterocycles. The van der Waals surface area contributed by atoms with Gasteiger partial charge in [-0.25, -0.2) is 4.98 Å². The van der Waals surface area contributed by atoms with Crippen molar-refractivity contribution in [1.82, 2.24) is 19.6 Å². The molecule has 2 aromatic rings. The number of hydrogen-bond donors (Lipinski definition) is 0. The van der Waals surface area contributed by atoms with Gasteiger partial charge in [-0.05, 0) is 6.92 Å². The number of hydrogen-bond acceptors (Lipinski definition) is 3. The zero-order valence-electron chi connectivity index (χ0n) is 5.52. The molecule has 10 heavy (non-hydrogen) atoms. The molecule has 0 radical (unpaired) electrons. The Bertz CT molecular complexity index is 351. The summed E-state index contributed by atoms with van der Waals surface area (Å²) in [6, 6.07) is 0. The van der Waals surface area contributed by atoms with Crippen molar-refractivity contribution in [3.63, 3.8) is 0 Å². The van der Waals surface area contributed by atoms with E-state index in [1.165, 1.54) is 0 Å². The fourth-order valence-corrected chi connectivity index (χ4v) is 0.834. The third-order valence-corrected chi connectivity index (χ3v) is 1.27. The number of aromatic nitrogens is 4. The molecule has 2 aromatic heterocycles. The van der Waals surface area contributed by atoms with Crippen LogP contribution in [0.15, 0.2) is 18.6 Å². The second kappa shape index (κ2) is 1.76. The summed E-state index contributed by atoms with van der Waals surface area (Å²) in [5, 5.41) is 7.69. The van der Waals surface area contributed by atoms with Crippen molar-refractivity contribution in [2.24, 2.45) is 0 Å². The van der Waals surface area contributed by atoms with Gasteiger partial charge in [-0.1, -0.05) is 0 Å². The smallest absolute Gasteiger partial charge is 0.253 e. The summed E-state index contributed by atoms with van der Waals surface area (Å²) in [6.45, 7) is 1.90. The first kappa shape index (κ1) is 5.34. The molecule has 0 bridgehead atoms. The maximum atomic E-state index is 3.95. The van der Waals surface area contributed by atoms with Gasteiger partial charge in [-0.2, -0.15) is 5.10 Å². The fraction of sp³-hybridized carbons (Fsp3) is 0.167. The Hall–Kier alpha value is -1.45. The van der Waals surface area contributed by atoms with E-state index in [0.29, 0.717) is 5.78 Å². The van der Waals surface area contributed by atoms with Crippen LogP contribution in [0.1, 0.15) is 5.69 Å². The van der Waals surface area contributed by atoms with E-state index in [1.54, 1.807) is 6.20 Å². The van der Waals surface area contributed by atoms with E-state index in [0.717, 1.165) is 5.69 Å². The number of nitrogens with zero attached hydrogens (tertiary/aromatic N) is 4. The van der Waals surface area contributed by atoms with Crippen molar-refractivity contribution < 1.29 is 0 Å². The van der Waals surface area contributed by atoms with Crippen LogP contribution in [0.25, 0.3) is 5.78 Å². The summed E-state index contributed by atoms with van der Waals surface area (Å²) >= 11 is 0. The maximum absolute atomic E-state index is 3.95. The van der Waals surface area contributed by atoms with E-state index in [2.05, 4.69) is 15.2 Å². The average molecular weight is 134 g/mol. The molecule has 0 aliphatic carbocycles. The molecular weight excluding hydrogens is 128 g/mol. The van der Waals surface area contributed by atoms with Gasteiger partial charge in [0.1, 0.15) is 0 Å². The van der Waals surface area contributed by atoms with Gasteiger partial charge in [0.05, 0.1) is 5.69 Å². The molecule has 0 amide bonds. The Balaban J connectivity index is 2.86. The number of rotatable bonds is 0. The molecule has 0 unspecified atom stereocenters. The number of aryl methyl sites for hydroxylation is 1. The van der Waals surface area contributed by atoms with Crippen molar-refractivity contribution in [1.29, 1.82) is 0 Å². The SMILES string of the molecule is Cc1cn2ccnc2nn1. The van der Waals surface area contributed by atoms with Gasteiger partial charge in [-0.15, -0.1) is 5.10 Å². The maximum Gasteiger partial charge on any atom is 0.253 e. The molecule has 50 valence electrons. The van der Waals surface area contributed by atoms with Crippen LogP contribution in [0.2, 0.25) is 0 Å². The Morgan fingerprint density at radius 1 is 1.40 bits per heavy atom. The van der Waals surface area contributed by atoms with Crippen LogP contribution < -0.4 is 0 Å². The summed E-state index contributed by atoms with van der Waals surface area (Å²) in [5.41, 5.74) is 0.894. The second-order valence-corrected chi connectivity index (χ2v) is 2.10. The lowest BCUT2D eigenvalue weighted by atomic mass is 10.5. The Morgan fingerprint density at radius 2 is 2.30 bits per heavy atom. The van der Waals surface area contributed by atoms with Crippen LogP contribution in [-0.4, -0.2) is 19.6 Å². The molecule has 0 spiro atoms. The second-order valence-electron chi connectivity index (χ2n) is 2.10. The predicted molar refractivity (Wildman–Crippen MR) is 35.5 cm³/mol. The minimum atomic E-state index is 0.644. The highest BCUT2D eigenvalue weighted by Crippen LogP contribution is 1.94. The van der Waals surface area contributed by atoms with E-state index < -0.39 is 0 Å². The fourth-order valence-electron chi connectivity index (χ4n) is 0.834. The van der Waals surface area contributed by atoms with Gasteiger partial charge >= 0.3 is 0 Å². The van der Waals surface area contributed by atoms with Crippen LogP contribution in [0.4, 0.5) is 0 Å². The van der Waals surface area contributed by atoms with Crippen molar-refractivity contribution in [2.45, 2.75) is 6.92 Å². The van der Waals surface area contributed by atoms with Crippen molar-refractivity contribution in [3.05, 3.63) is 24.3 Å². The van der Waals surface area contributed by atoms with Crippen LogP contribution >= 0.6 is 0 Å². The predicted octanol–water partition coefficient (Wildman–Crippen LogP) is 0.433. The normalized spacial score (nSPS) is 10.5. The lowest BCUT2D eigenvalue weighted by molar-refractivity contribution is 0.923. The minimum absolute atomic E-state index is 0.644. The van der Waals surface area contributed by atoms with E-state index >= 15 is 0 Å². The Labute approximate surface area is 57.5 Å². The topological polar surface area (TPSA) is 43.1 Å². The highest BCUT2D eigenvalue weighted by Gasteiger charge is 1.93. The van der Waals surface area contributed by atoms with E-state index in [-0.39, 0.29) is 0 Å². The van der Waals surface area contributed by atoms with Crippen molar-refractivity contribution in [3.8, 4) is 0 Å². The summed E-state index contributed by atoms with van der Waals surface area (Å²) in [7, 11) is 0. The van der Waals surface area contributed by atoms with E-state index in [4.69, 9.17) is 0 Å². The Kier molecular flexibility index (Phi) is 0.943. The zero-order valence-corrected chi connectivity index (χ0v) is 5.52. The Morgan fingerprint density at radius 3 is 3.20 bits per heavy atom.